The lowest BCUT2D eigenvalue weighted by molar-refractivity contribution is -0.144. The molecule has 33 nitrogen and oxygen atoms in total. The van der Waals surface area contributed by atoms with E-state index in [2.05, 4.69) is 57.8 Å². The van der Waals surface area contributed by atoms with Crippen molar-refractivity contribution in [3.05, 3.63) is 47.7 Å². The predicted molar refractivity (Wildman–Crippen MR) is 397 cm³/mol. The van der Waals surface area contributed by atoms with Crippen LogP contribution in [0.1, 0.15) is 155 Å². The normalized spacial score (nSPS) is 21.0. The third-order valence-electron chi connectivity index (χ3n) is 18.5. The van der Waals surface area contributed by atoms with Crippen molar-refractivity contribution in [2.24, 2.45) is 56.4 Å². The number of rotatable bonds is 41. The summed E-state index contributed by atoms with van der Waals surface area (Å²) in [6, 6.07) is -2.88. The summed E-state index contributed by atoms with van der Waals surface area (Å²) in [6.07, 6.45) is 6.99. The Kier molecular flexibility index (Phi) is 37.9. The van der Waals surface area contributed by atoms with Gasteiger partial charge in [0, 0.05) is 87.6 Å². The molecule has 582 valence electrons. The molecule has 105 heavy (non-hydrogen) atoms. The van der Waals surface area contributed by atoms with Crippen LogP contribution < -0.4 is 76.5 Å². The van der Waals surface area contributed by atoms with Crippen LogP contribution in [0.2, 0.25) is 0 Å². The lowest BCUT2D eigenvalue weighted by atomic mass is 9.89. The van der Waals surface area contributed by atoms with Crippen molar-refractivity contribution >= 4 is 116 Å². The summed E-state index contributed by atoms with van der Waals surface area (Å²) in [4.78, 5) is 207. The highest BCUT2D eigenvalue weighted by Gasteiger charge is 2.42. The first-order chi connectivity index (χ1) is 50.1. The van der Waals surface area contributed by atoms with Gasteiger partial charge in [-0.3, -0.25) is 77.1 Å². The molecule has 1 aromatic carbocycles. The van der Waals surface area contributed by atoms with Gasteiger partial charge in [0.05, 0.1) is 25.2 Å². The zero-order valence-electron chi connectivity index (χ0n) is 60.7. The van der Waals surface area contributed by atoms with Crippen LogP contribution in [-0.4, -0.2) is 227 Å². The molecule has 0 aliphatic carbocycles. The summed E-state index contributed by atoms with van der Waals surface area (Å²) >= 11 is 0. The second-order valence-corrected chi connectivity index (χ2v) is 30.0. The maximum atomic E-state index is 15.0. The molecule has 3 saturated heterocycles. The second-order valence-electron chi connectivity index (χ2n) is 27.4. The Morgan fingerprint density at radius 1 is 0.695 bits per heavy atom. The van der Waals surface area contributed by atoms with E-state index in [4.69, 9.17) is 28.7 Å². The largest absolute Gasteiger partial charge is 0.394 e. The molecule has 0 unspecified atom stereocenters. The van der Waals surface area contributed by atoms with E-state index in [-0.39, 0.29) is 113 Å². The van der Waals surface area contributed by atoms with Gasteiger partial charge in [-0.2, -0.15) is 0 Å². The van der Waals surface area contributed by atoms with Crippen LogP contribution in [-0.2, 0) is 73.5 Å². The molecule has 0 radical (unpaired) electrons. The third kappa shape index (κ3) is 29.7. The average Bonchev–Trinajstić information content (AvgIpc) is 1.76. The standard InChI is InChI=1S/C70H110N18O15S2/c1-5-6-18-48(61(95)77-29-25-43-15-8-7-9-16-43)82-67(101)54-20-13-30-87(54)59(93)37-79-62(96)49(19-10-11-26-71)81-65(99)52-39-104-105-40-53(66(100)83-50(32-41(2)3)63(97)84-51(38-89)64(98)85-52)86-68(102)55-21-14-31-88(55)69(103)45(17-12-27-78-70(74)75)34-57(91)47(22-23-58(73)92)80-60(94)46(35-56(90)42(4)72)33-44-24-28-76-36-44/h7-9,15-16,28,36,41-42,45-55,89H,5-6,10-14,17-27,29-35,37-40,71-72H2,1-4H3,(H2,73,92)(H,77,95)(H,79,96)(H,80,94)(H,81,99)(H,82,101)(H,83,100)(H,84,97)(H,85,98)(H,86,102)(H4,74,75,78)/t42-,45+,46+,47-,48-,49+,50-,51+,52+,53-,54+,55-/m0/s1. The number of hydrogen-bond acceptors (Lipinski definition) is 21. The molecule has 0 spiro atoms. The van der Waals surface area contributed by atoms with Gasteiger partial charge in [0.1, 0.15) is 54.1 Å². The molecule has 12 atom stereocenters. The Hall–Kier alpha value is -8.54. The number of aliphatic imine (C=N–C) groups is 2. The number of aliphatic hydroxyl groups is 1. The fourth-order valence-corrected chi connectivity index (χ4v) is 14.9. The highest BCUT2D eigenvalue weighted by Crippen LogP contribution is 2.29. The van der Waals surface area contributed by atoms with Gasteiger partial charge in [-0.25, -0.2) is 0 Å². The molecule has 0 saturated carbocycles. The van der Waals surface area contributed by atoms with Crippen molar-refractivity contribution in [2.45, 2.75) is 217 Å². The minimum Gasteiger partial charge on any atom is -0.394 e. The molecule has 5 rings (SSSR count). The van der Waals surface area contributed by atoms with Crippen molar-refractivity contribution in [3.8, 4) is 0 Å². The van der Waals surface area contributed by atoms with E-state index < -0.39 is 168 Å². The number of likely N-dealkylation sites (tertiary alicyclic amines) is 2. The van der Waals surface area contributed by atoms with Gasteiger partial charge < -0.3 is 91.4 Å². The number of benzene rings is 1. The predicted octanol–water partition coefficient (Wildman–Crippen LogP) is -1.84. The smallest absolute Gasteiger partial charge is 0.245 e. The molecule has 4 aliphatic rings. The number of carbonyl (C=O) groups is 14. The van der Waals surface area contributed by atoms with Crippen molar-refractivity contribution in [1.29, 1.82) is 0 Å². The highest BCUT2D eigenvalue weighted by atomic mass is 33.1. The Morgan fingerprint density at radius 2 is 1.33 bits per heavy atom. The number of guanidine groups is 1. The van der Waals surface area contributed by atoms with Gasteiger partial charge in [-0.15, -0.1) is 0 Å². The Morgan fingerprint density at radius 3 is 1.97 bits per heavy atom. The first-order valence-corrected chi connectivity index (χ1v) is 38.8. The number of Topliss-reactive ketones (excluding diaryl/α,β-unsaturated/α-hetero) is 2. The van der Waals surface area contributed by atoms with Crippen molar-refractivity contribution in [3.63, 3.8) is 0 Å². The Bertz CT molecular complexity index is 3250. The summed E-state index contributed by atoms with van der Waals surface area (Å²) in [5.41, 5.74) is 30.2. The molecule has 20 N–H and O–H groups in total. The number of hydrogen-bond donors (Lipinski definition) is 15. The Balaban J connectivity index is 1.33. The van der Waals surface area contributed by atoms with Gasteiger partial charge in [0.25, 0.3) is 0 Å². The molecule has 12 amide bonds. The summed E-state index contributed by atoms with van der Waals surface area (Å²) in [5, 5.41) is 34.8. The van der Waals surface area contributed by atoms with E-state index >= 15 is 0 Å². The summed E-state index contributed by atoms with van der Waals surface area (Å²) in [6.45, 7) is 6.33. The highest BCUT2D eigenvalue weighted by molar-refractivity contribution is 8.76. The number of carbonyl (C=O) groups excluding carboxylic acids is 14. The topological polar surface area (TPSA) is 529 Å². The quantitative estimate of drug-likeness (QED) is 0.0148. The third-order valence-corrected chi connectivity index (χ3v) is 20.9. The maximum Gasteiger partial charge on any atom is 0.245 e. The minimum absolute atomic E-state index is 0.00354. The monoisotopic (exact) mass is 1510 g/mol. The summed E-state index contributed by atoms with van der Waals surface area (Å²) in [5.74, 6) is -12.9. The van der Waals surface area contributed by atoms with Crippen molar-refractivity contribution in [1.82, 2.24) is 57.7 Å². The van der Waals surface area contributed by atoms with Crippen LogP contribution in [0.25, 0.3) is 0 Å². The van der Waals surface area contributed by atoms with Gasteiger partial charge in [0.2, 0.25) is 70.9 Å². The number of allylic oxidation sites excluding steroid dienone is 1. The number of nitrogens with one attached hydrogen (secondary N) is 9. The fraction of sp³-hybridized carbons (Fsp3) is 0.657. The zero-order valence-corrected chi connectivity index (χ0v) is 62.3. The molecule has 0 bridgehead atoms. The van der Waals surface area contributed by atoms with Crippen molar-refractivity contribution in [2.75, 3.05) is 57.4 Å². The van der Waals surface area contributed by atoms with Crippen LogP contribution in [0, 0.1) is 17.8 Å². The molecule has 1 aromatic rings. The molecular weight excluding hydrogens is 1400 g/mol. The number of aliphatic hydroxyl groups excluding tert-OH is 1. The Labute approximate surface area is 621 Å². The summed E-state index contributed by atoms with van der Waals surface area (Å²) in [7, 11) is 1.99. The van der Waals surface area contributed by atoms with Crippen LogP contribution in [0.5, 0.6) is 0 Å². The van der Waals surface area contributed by atoms with Crippen LogP contribution >= 0.6 is 21.6 Å². The first kappa shape index (κ1) is 87.1. The molecule has 4 aliphatic heterocycles. The second kappa shape index (κ2) is 45.7. The van der Waals surface area contributed by atoms with E-state index in [1.807, 2.05) is 37.3 Å². The van der Waals surface area contributed by atoms with Gasteiger partial charge in [-0.1, -0.05) is 85.5 Å². The molecule has 4 heterocycles. The van der Waals surface area contributed by atoms with E-state index in [1.54, 1.807) is 26.3 Å². The van der Waals surface area contributed by atoms with Crippen LogP contribution in [0.3, 0.4) is 0 Å². The van der Waals surface area contributed by atoms with E-state index in [1.165, 1.54) is 16.7 Å². The van der Waals surface area contributed by atoms with Gasteiger partial charge >= 0.3 is 0 Å². The van der Waals surface area contributed by atoms with Gasteiger partial charge in [-0.05, 0) is 120 Å². The maximum absolute atomic E-state index is 15.0. The number of nitrogens with zero attached hydrogens (tertiary/aromatic N) is 4. The lowest BCUT2D eigenvalue weighted by Crippen LogP contribution is -2.61. The minimum atomic E-state index is -1.67. The fourth-order valence-electron chi connectivity index (χ4n) is 12.6. The SMILES string of the molecule is CCCC[C@H](NC(=O)[C@H]1CCCN1C(=O)CNC(=O)[C@@H](CCCCN)NC(=O)[C@H]1CSSC[C@H](NC(=O)[C@@H]2CCCN2C(=O)[C@H](CCCN=C(N)N)CC(=O)[C@H](CCC(N)=O)NC(=O)[C@@H](CC(=O)[C@H](C)N)CC2=CN=CC2)C(=O)N[C@@H](CC(C)C)C(=O)N[C@H](CO)C(=O)N1)C(=O)NCCc1ccccc1. The number of primary amides is 1. The molecule has 3 fully saturated rings. The summed E-state index contributed by atoms with van der Waals surface area (Å²) < 4.78 is 0. The van der Waals surface area contributed by atoms with Gasteiger partial charge in [0.15, 0.2) is 11.7 Å². The van der Waals surface area contributed by atoms with E-state index in [9.17, 15) is 72.2 Å². The van der Waals surface area contributed by atoms with E-state index in [0.717, 1.165) is 39.1 Å². The van der Waals surface area contributed by atoms with Crippen LogP contribution in [0.4, 0.5) is 0 Å². The molecular formula is C70H110N18O15S2. The van der Waals surface area contributed by atoms with Crippen LogP contribution in [0.15, 0.2) is 52.1 Å². The molecule has 0 aromatic heterocycles. The number of nitrogens with two attached hydrogens (primary N) is 5. The van der Waals surface area contributed by atoms with E-state index in [0.29, 0.717) is 64.3 Å². The number of unbranched alkanes of at least 4 members (excludes halogenated alkanes) is 2. The number of ketones is 2. The number of amides is 12. The first-order valence-electron chi connectivity index (χ1n) is 36.4. The van der Waals surface area contributed by atoms with Crippen molar-refractivity contribution < 1.29 is 72.2 Å². The lowest BCUT2D eigenvalue weighted by Gasteiger charge is -2.31. The molecule has 35 heteroatoms. The average molecular weight is 1510 g/mol. The zero-order chi connectivity index (χ0) is 77.1.